The van der Waals surface area contributed by atoms with Crippen LogP contribution in [0.2, 0.25) is 0 Å². The third-order valence-electron chi connectivity index (χ3n) is 4.55. The van der Waals surface area contributed by atoms with E-state index < -0.39 is 20.5 Å². The number of thioether (sulfide) groups is 1. The summed E-state index contributed by atoms with van der Waals surface area (Å²) in [5, 5.41) is 11.6. The maximum Gasteiger partial charge on any atom is 0.341 e. The number of ether oxygens (including phenoxy) is 1. The first-order chi connectivity index (χ1) is 15.7. The zero-order chi connectivity index (χ0) is 24.0. The Morgan fingerprint density at radius 2 is 1.91 bits per heavy atom. The highest BCUT2D eigenvalue weighted by atomic mass is 32.2. The van der Waals surface area contributed by atoms with Crippen LogP contribution in [0.25, 0.3) is 11.4 Å². The number of sulfone groups is 1. The van der Waals surface area contributed by atoms with Crippen LogP contribution in [0.15, 0.2) is 58.6 Å². The molecule has 0 aliphatic carbocycles. The van der Waals surface area contributed by atoms with E-state index in [1.54, 1.807) is 7.11 Å². The van der Waals surface area contributed by atoms with Crippen LogP contribution in [0, 0.1) is 6.92 Å². The molecule has 0 radical (unpaired) electrons. The van der Waals surface area contributed by atoms with Gasteiger partial charge >= 0.3 is 5.76 Å². The summed E-state index contributed by atoms with van der Waals surface area (Å²) in [6, 6.07) is 12.4. The molecule has 0 aliphatic heterocycles. The van der Waals surface area contributed by atoms with E-state index in [0.29, 0.717) is 24.1 Å². The van der Waals surface area contributed by atoms with Gasteiger partial charge < -0.3 is 10.1 Å². The molecule has 0 bridgehead atoms. The van der Waals surface area contributed by atoms with Crippen LogP contribution in [-0.4, -0.2) is 54.3 Å². The fourth-order valence-electron chi connectivity index (χ4n) is 2.94. The lowest BCUT2D eigenvalue weighted by atomic mass is 10.1. The Morgan fingerprint density at radius 3 is 2.55 bits per heavy atom. The number of nitrogens with zero attached hydrogens (tertiary/aromatic N) is 3. The SMILES string of the molecule is COCCn1c(SCC(=O)Nc2ccc(S(=O)(=O)C(F)F)cc2)nnc1-c1cccc(C)c1. The van der Waals surface area contributed by atoms with E-state index in [-0.39, 0.29) is 17.3 Å². The number of carbonyl (C=O) groups excluding carboxylic acids is 1. The lowest BCUT2D eigenvalue weighted by Gasteiger charge is -2.10. The first-order valence-electron chi connectivity index (χ1n) is 9.76. The minimum Gasteiger partial charge on any atom is -0.383 e. The molecule has 0 spiro atoms. The molecule has 0 atom stereocenters. The molecule has 1 aromatic heterocycles. The van der Waals surface area contributed by atoms with Gasteiger partial charge in [0.05, 0.1) is 23.8 Å². The number of amides is 1. The van der Waals surface area contributed by atoms with Gasteiger partial charge in [0.15, 0.2) is 11.0 Å². The van der Waals surface area contributed by atoms with Crippen LogP contribution in [0.4, 0.5) is 14.5 Å². The standard InChI is InChI=1S/C21H22F2N4O4S2/c1-14-4-3-5-15(12-14)19-25-26-21(27(19)10-11-31-2)32-13-18(28)24-16-6-8-17(9-7-16)33(29,30)20(22)23/h3-9,12,20H,10-11,13H2,1-2H3,(H,24,28). The molecular weight excluding hydrogens is 474 g/mol. The molecular formula is C21H22F2N4O4S2. The van der Waals surface area contributed by atoms with Gasteiger partial charge in [0.2, 0.25) is 15.7 Å². The van der Waals surface area contributed by atoms with Crippen LogP contribution < -0.4 is 5.32 Å². The van der Waals surface area contributed by atoms with Crippen molar-refractivity contribution in [2.45, 2.75) is 29.3 Å². The molecule has 3 aromatic rings. The molecule has 0 saturated heterocycles. The van der Waals surface area contributed by atoms with E-state index in [2.05, 4.69) is 15.5 Å². The lowest BCUT2D eigenvalue weighted by Crippen LogP contribution is -2.15. The van der Waals surface area contributed by atoms with Gasteiger partial charge in [0.1, 0.15) is 0 Å². The molecule has 1 heterocycles. The van der Waals surface area contributed by atoms with Crippen LogP contribution in [0.1, 0.15) is 5.56 Å². The summed E-state index contributed by atoms with van der Waals surface area (Å²) in [5.74, 6) is -3.21. The fraction of sp³-hybridized carbons (Fsp3) is 0.286. The second-order valence-electron chi connectivity index (χ2n) is 6.99. The van der Waals surface area contributed by atoms with Gasteiger partial charge in [0.25, 0.3) is 0 Å². The second-order valence-corrected chi connectivity index (χ2v) is 9.85. The zero-order valence-corrected chi connectivity index (χ0v) is 19.5. The van der Waals surface area contributed by atoms with Gasteiger partial charge in [-0.1, -0.05) is 35.5 Å². The monoisotopic (exact) mass is 496 g/mol. The normalized spacial score (nSPS) is 11.7. The largest absolute Gasteiger partial charge is 0.383 e. The molecule has 2 aromatic carbocycles. The maximum absolute atomic E-state index is 12.6. The smallest absolute Gasteiger partial charge is 0.341 e. The molecule has 1 amide bonds. The molecule has 0 fully saturated rings. The number of hydrogen-bond acceptors (Lipinski definition) is 7. The summed E-state index contributed by atoms with van der Waals surface area (Å²) in [5.41, 5.74) is 2.26. The van der Waals surface area contributed by atoms with E-state index in [1.807, 2.05) is 35.8 Å². The predicted octanol–water partition coefficient (Wildman–Crippen LogP) is 3.63. The van der Waals surface area contributed by atoms with Gasteiger partial charge in [-0.3, -0.25) is 9.36 Å². The molecule has 1 N–H and O–H groups in total. The minimum absolute atomic E-state index is 0.00994. The zero-order valence-electron chi connectivity index (χ0n) is 17.9. The molecule has 176 valence electrons. The summed E-state index contributed by atoms with van der Waals surface area (Å²) in [6.07, 6.45) is 0. The van der Waals surface area contributed by atoms with Crippen molar-refractivity contribution in [2.75, 3.05) is 24.8 Å². The second kappa shape index (κ2) is 10.9. The number of hydrogen-bond donors (Lipinski definition) is 1. The van der Waals surface area contributed by atoms with Crippen molar-refractivity contribution in [3.8, 4) is 11.4 Å². The number of aryl methyl sites for hydroxylation is 1. The first-order valence-corrected chi connectivity index (χ1v) is 12.3. The van der Waals surface area contributed by atoms with Crippen molar-refractivity contribution in [1.29, 1.82) is 0 Å². The Labute approximate surface area is 194 Å². The predicted molar refractivity (Wildman–Crippen MR) is 121 cm³/mol. The molecule has 0 aliphatic rings. The topological polar surface area (TPSA) is 103 Å². The molecule has 12 heteroatoms. The molecule has 33 heavy (non-hydrogen) atoms. The van der Waals surface area contributed by atoms with E-state index >= 15 is 0 Å². The number of methoxy groups -OCH3 is 1. The third kappa shape index (κ3) is 6.15. The van der Waals surface area contributed by atoms with E-state index in [4.69, 9.17) is 4.74 Å². The minimum atomic E-state index is -4.68. The quantitative estimate of drug-likeness (QED) is 0.428. The van der Waals surface area contributed by atoms with E-state index in [9.17, 15) is 22.0 Å². The molecule has 0 saturated carbocycles. The van der Waals surface area contributed by atoms with E-state index in [0.717, 1.165) is 23.3 Å². The van der Waals surface area contributed by atoms with Crippen molar-refractivity contribution < 1.29 is 26.7 Å². The number of benzene rings is 2. The summed E-state index contributed by atoms with van der Waals surface area (Å²) < 4.78 is 55.3. The first kappa shape index (κ1) is 24.8. The van der Waals surface area contributed by atoms with Gasteiger partial charge in [-0.15, -0.1) is 10.2 Å². The number of nitrogens with one attached hydrogen (secondary N) is 1. The van der Waals surface area contributed by atoms with Gasteiger partial charge in [-0.2, -0.15) is 8.78 Å². The van der Waals surface area contributed by atoms with Crippen molar-refractivity contribution >= 4 is 33.2 Å². The Balaban J connectivity index is 1.68. The molecule has 8 nitrogen and oxygen atoms in total. The highest BCUT2D eigenvalue weighted by Crippen LogP contribution is 2.25. The maximum atomic E-state index is 12.6. The number of carbonyl (C=O) groups is 1. The molecule has 3 rings (SSSR count). The third-order valence-corrected chi connectivity index (χ3v) is 6.91. The number of rotatable bonds is 10. The number of alkyl halides is 2. The summed E-state index contributed by atoms with van der Waals surface area (Å²) in [7, 11) is -3.09. The Bertz CT molecular complexity index is 1220. The van der Waals surface area contributed by atoms with Gasteiger partial charge in [0, 0.05) is 18.4 Å². The Morgan fingerprint density at radius 1 is 1.18 bits per heavy atom. The van der Waals surface area contributed by atoms with Crippen LogP contribution in [-0.2, 0) is 25.9 Å². The number of anilines is 1. The molecule has 0 unspecified atom stereocenters. The Hall–Kier alpha value is -2.83. The summed E-state index contributed by atoms with van der Waals surface area (Å²) in [4.78, 5) is 11.9. The van der Waals surface area contributed by atoms with Crippen molar-refractivity contribution in [2.24, 2.45) is 0 Å². The number of aromatic nitrogens is 3. The van der Waals surface area contributed by atoms with Crippen LogP contribution in [0.3, 0.4) is 0 Å². The van der Waals surface area contributed by atoms with Crippen LogP contribution >= 0.6 is 11.8 Å². The highest BCUT2D eigenvalue weighted by Gasteiger charge is 2.26. The van der Waals surface area contributed by atoms with Crippen LogP contribution in [0.5, 0.6) is 0 Å². The number of halogens is 2. The van der Waals surface area contributed by atoms with Crippen molar-refractivity contribution in [1.82, 2.24) is 14.8 Å². The average molecular weight is 497 g/mol. The van der Waals surface area contributed by atoms with E-state index in [1.165, 1.54) is 23.9 Å². The van der Waals surface area contributed by atoms with Crippen molar-refractivity contribution in [3.63, 3.8) is 0 Å². The highest BCUT2D eigenvalue weighted by molar-refractivity contribution is 7.99. The fourth-order valence-corrected chi connectivity index (χ4v) is 4.42. The Kier molecular flexibility index (Phi) is 8.16. The van der Waals surface area contributed by atoms with Gasteiger partial charge in [-0.05, 0) is 37.3 Å². The van der Waals surface area contributed by atoms with Crippen molar-refractivity contribution in [3.05, 3.63) is 54.1 Å². The lowest BCUT2D eigenvalue weighted by molar-refractivity contribution is -0.113. The average Bonchev–Trinajstić information content (AvgIpc) is 3.19. The summed E-state index contributed by atoms with van der Waals surface area (Å²) >= 11 is 1.18. The van der Waals surface area contributed by atoms with Gasteiger partial charge in [-0.25, -0.2) is 8.42 Å². The summed E-state index contributed by atoms with van der Waals surface area (Å²) in [6.45, 7) is 2.91.